The maximum Gasteiger partial charge on any atom is 0.329 e. The number of hydrazone groups is 1. The van der Waals surface area contributed by atoms with Crippen LogP contribution in [0.15, 0.2) is 94.4 Å². The van der Waals surface area contributed by atoms with Crippen molar-refractivity contribution < 1.29 is 28.3 Å². The molecule has 0 fully saturated rings. The molecule has 11 nitrogen and oxygen atoms in total. The van der Waals surface area contributed by atoms with Gasteiger partial charge in [0.1, 0.15) is 23.0 Å². The summed E-state index contributed by atoms with van der Waals surface area (Å²) < 4.78 is 11.1. The highest BCUT2D eigenvalue weighted by Crippen LogP contribution is 2.23. The van der Waals surface area contributed by atoms with Crippen molar-refractivity contribution in [1.82, 2.24) is 10.7 Å². The number of amides is 4. The van der Waals surface area contributed by atoms with Crippen LogP contribution in [-0.2, 0) is 25.7 Å². The number of para-hydroxylation sites is 1. The van der Waals surface area contributed by atoms with E-state index in [1.54, 1.807) is 24.3 Å². The number of nitrogens with zero attached hydrogens (tertiary/aromatic N) is 1. The fraction of sp³-hybridized carbons (Fsp3) is 0.0357. The number of rotatable bonds is 8. The van der Waals surface area contributed by atoms with Crippen LogP contribution in [0.4, 0.5) is 11.4 Å². The molecule has 41 heavy (non-hydrogen) atoms. The number of hydrogen-bond donors (Lipinski definition) is 4. The lowest BCUT2D eigenvalue weighted by atomic mass is 10.3. The molecule has 4 N–H and O–H groups in total. The van der Waals surface area contributed by atoms with Gasteiger partial charge in [0, 0.05) is 21.4 Å². The van der Waals surface area contributed by atoms with Crippen LogP contribution in [0.2, 0.25) is 10.0 Å². The molecule has 0 bridgehead atoms. The van der Waals surface area contributed by atoms with Crippen molar-refractivity contribution in [2.24, 2.45) is 5.10 Å². The Labute approximate surface area is 243 Å². The third kappa shape index (κ3) is 8.95. The van der Waals surface area contributed by atoms with E-state index in [0.29, 0.717) is 33.0 Å². The third-order valence-electron chi connectivity index (χ3n) is 5.09. The van der Waals surface area contributed by atoms with Crippen LogP contribution in [0, 0.1) is 0 Å². The van der Waals surface area contributed by atoms with Crippen molar-refractivity contribution in [1.29, 1.82) is 0 Å². The summed E-state index contributed by atoms with van der Waals surface area (Å²) >= 11 is 11.8. The van der Waals surface area contributed by atoms with Crippen molar-refractivity contribution in [3.8, 4) is 11.5 Å². The Morgan fingerprint density at radius 1 is 0.732 bits per heavy atom. The van der Waals surface area contributed by atoms with Crippen LogP contribution in [0.25, 0.3) is 0 Å². The van der Waals surface area contributed by atoms with Crippen molar-refractivity contribution in [2.75, 3.05) is 10.6 Å². The molecule has 1 aromatic heterocycles. The average Bonchev–Trinajstić information content (AvgIpc) is 3.40. The average molecular weight is 594 g/mol. The standard InChI is InChI=1S/C28H21Cl2N5O6/c29-17-12-18(30)14-20(13-17)34-26(37)25(36)31-15-23-10-11-24(41-23)16-32-35-28(39)27(38)33-19-6-8-22(9-7-19)40-21-4-2-1-3-5-21/h1-14,16H,15H2,(H,31,36)(H,33,38)(H,34,37)(H,35,39)/b32-16+. The summed E-state index contributed by atoms with van der Waals surface area (Å²) in [5.41, 5.74) is 2.74. The van der Waals surface area contributed by atoms with E-state index in [2.05, 4.69) is 26.5 Å². The first kappa shape index (κ1) is 28.9. The first-order valence-corrected chi connectivity index (χ1v) is 12.6. The van der Waals surface area contributed by atoms with Gasteiger partial charge in [-0.25, -0.2) is 5.43 Å². The van der Waals surface area contributed by atoms with Gasteiger partial charge < -0.3 is 25.1 Å². The molecule has 0 aliphatic rings. The first-order chi connectivity index (χ1) is 19.7. The largest absolute Gasteiger partial charge is 0.458 e. The summed E-state index contributed by atoms with van der Waals surface area (Å²) in [4.78, 5) is 48.4. The predicted octanol–water partition coefficient (Wildman–Crippen LogP) is 4.72. The van der Waals surface area contributed by atoms with Crippen LogP contribution in [0.3, 0.4) is 0 Å². The summed E-state index contributed by atoms with van der Waals surface area (Å²) in [5, 5.41) is 11.5. The number of ether oxygens (including phenoxy) is 1. The van der Waals surface area contributed by atoms with E-state index in [1.807, 2.05) is 30.3 Å². The number of anilines is 2. The predicted molar refractivity (Wildman–Crippen MR) is 153 cm³/mol. The second-order valence-electron chi connectivity index (χ2n) is 8.19. The molecule has 3 aromatic carbocycles. The minimum Gasteiger partial charge on any atom is -0.458 e. The lowest BCUT2D eigenvalue weighted by Crippen LogP contribution is -2.34. The van der Waals surface area contributed by atoms with Gasteiger partial charge in [-0.15, -0.1) is 0 Å². The Balaban J connectivity index is 1.19. The van der Waals surface area contributed by atoms with Crippen molar-refractivity contribution in [2.45, 2.75) is 6.54 Å². The van der Waals surface area contributed by atoms with Gasteiger partial charge in [0.2, 0.25) is 0 Å². The van der Waals surface area contributed by atoms with E-state index in [4.69, 9.17) is 32.4 Å². The van der Waals surface area contributed by atoms with Gasteiger partial charge >= 0.3 is 23.6 Å². The fourth-order valence-electron chi connectivity index (χ4n) is 3.24. The number of nitrogens with one attached hydrogen (secondary N) is 4. The van der Waals surface area contributed by atoms with Crippen LogP contribution in [0.5, 0.6) is 11.5 Å². The molecule has 0 aliphatic carbocycles. The summed E-state index contributed by atoms with van der Waals surface area (Å²) in [6.07, 6.45) is 1.17. The van der Waals surface area contributed by atoms with E-state index in [1.165, 1.54) is 36.5 Å². The highest BCUT2D eigenvalue weighted by molar-refractivity contribution is 6.40. The lowest BCUT2D eigenvalue weighted by Gasteiger charge is -2.07. The zero-order valence-electron chi connectivity index (χ0n) is 21.0. The normalized spacial score (nSPS) is 10.6. The minimum atomic E-state index is -1.00. The number of carbonyl (C=O) groups is 4. The van der Waals surface area contributed by atoms with E-state index >= 15 is 0 Å². The number of benzene rings is 3. The van der Waals surface area contributed by atoms with Crippen LogP contribution in [-0.4, -0.2) is 29.8 Å². The van der Waals surface area contributed by atoms with E-state index in [-0.39, 0.29) is 18.0 Å². The zero-order chi connectivity index (χ0) is 29.2. The van der Waals surface area contributed by atoms with Crippen LogP contribution >= 0.6 is 23.2 Å². The Bertz CT molecular complexity index is 1570. The van der Waals surface area contributed by atoms with Gasteiger partial charge in [-0.3, -0.25) is 19.2 Å². The summed E-state index contributed by atoms with van der Waals surface area (Å²) in [6.45, 7) is -0.0969. The Hall–Kier alpha value is -5.13. The molecular formula is C28H21Cl2N5O6. The van der Waals surface area contributed by atoms with Gasteiger partial charge in [-0.05, 0) is 66.7 Å². The molecule has 4 rings (SSSR count). The van der Waals surface area contributed by atoms with Crippen LogP contribution < -0.4 is 26.1 Å². The number of hydrogen-bond acceptors (Lipinski definition) is 7. The van der Waals surface area contributed by atoms with Crippen LogP contribution in [0.1, 0.15) is 11.5 Å². The third-order valence-corrected chi connectivity index (χ3v) is 5.52. The van der Waals surface area contributed by atoms with Gasteiger partial charge in [0.25, 0.3) is 0 Å². The minimum absolute atomic E-state index is 0.0969. The number of furan rings is 1. The molecule has 0 saturated heterocycles. The molecule has 13 heteroatoms. The van der Waals surface area contributed by atoms with Crippen molar-refractivity contribution in [3.63, 3.8) is 0 Å². The quantitative estimate of drug-likeness (QED) is 0.132. The van der Waals surface area contributed by atoms with Gasteiger partial charge in [0.05, 0.1) is 12.8 Å². The molecule has 4 amide bonds. The first-order valence-electron chi connectivity index (χ1n) is 11.9. The molecule has 0 spiro atoms. The zero-order valence-corrected chi connectivity index (χ0v) is 22.5. The highest BCUT2D eigenvalue weighted by Gasteiger charge is 2.15. The topological polar surface area (TPSA) is 151 Å². The van der Waals surface area contributed by atoms with E-state index < -0.39 is 23.6 Å². The SMILES string of the molecule is O=C(NCc1ccc(/C=N/NC(=O)C(=O)Nc2ccc(Oc3ccccc3)cc2)o1)C(=O)Nc1cc(Cl)cc(Cl)c1. The van der Waals surface area contributed by atoms with Crippen molar-refractivity contribution in [3.05, 3.63) is 106 Å². The number of halogens is 2. The summed E-state index contributed by atoms with van der Waals surface area (Å²) in [7, 11) is 0. The van der Waals surface area contributed by atoms with Gasteiger partial charge in [-0.1, -0.05) is 41.4 Å². The van der Waals surface area contributed by atoms with E-state index in [0.717, 1.165) is 0 Å². The lowest BCUT2D eigenvalue weighted by molar-refractivity contribution is -0.136. The molecule has 208 valence electrons. The molecule has 4 aromatic rings. The molecule has 0 radical (unpaired) electrons. The molecule has 0 atom stereocenters. The summed E-state index contributed by atoms with van der Waals surface area (Å²) in [5.74, 6) is -2.01. The monoisotopic (exact) mass is 593 g/mol. The second-order valence-corrected chi connectivity index (χ2v) is 9.06. The van der Waals surface area contributed by atoms with Gasteiger partial charge in [0.15, 0.2) is 0 Å². The fourth-order valence-corrected chi connectivity index (χ4v) is 3.77. The summed E-state index contributed by atoms with van der Waals surface area (Å²) in [6, 6.07) is 23.1. The molecule has 1 heterocycles. The molecule has 0 aliphatic heterocycles. The Morgan fingerprint density at radius 2 is 1.37 bits per heavy atom. The van der Waals surface area contributed by atoms with E-state index in [9.17, 15) is 19.2 Å². The van der Waals surface area contributed by atoms with Gasteiger partial charge in [-0.2, -0.15) is 5.10 Å². The highest BCUT2D eigenvalue weighted by atomic mass is 35.5. The Kier molecular flexibility index (Phi) is 9.71. The maximum absolute atomic E-state index is 12.1. The molecule has 0 unspecified atom stereocenters. The molecular weight excluding hydrogens is 573 g/mol. The number of carbonyl (C=O) groups excluding carboxylic acids is 4. The van der Waals surface area contributed by atoms with Crippen molar-refractivity contribution >= 4 is 64.4 Å². The molecule has 0 saturated carbocycles. The smallest absolute Gasteiger partial charge is 0.329 e. The Morgan fingerprint density at radius 3 is 2.07 bits per heavy atom. The maximum atomic E-state index is 12.1. The second kappa shape index (κ2) is 13.8.